The van der Waals surface area contributed by atoms with Crippen LogP contribution in [0.5, 0.6) is 5.75 Å². The Balaban J connectivity index is 1.77. The monoisotopic (exact) mass is 398 g/mol. The van der Waals surface area contributed by atoms with Crippen LogP contribution in [0.15, 0.2) is 47.8 Å². The van der Waals surface area contributed by atoms with E-state index in [9.17, 15) is 8.42 Å². The number of hydrogen-bond acceptors (Lipinski definition) is 6. The second-order valence-corrected chi connectivity index (χ2v) is 9.49. The van der Waals surface area contributed by atoms with Gasteiger partial charge in [-0.05, 0) is 54.2 Å². The van der Waals surface area contributed by atoms with Gasteiger partial charge in [-0.2, -0.15) is 0 Å². The molecule has 7 nitrogen and oxygen atoms in total. The number of aromatic nitrogens is 4. The lowest BCUT2D eigenvalue weighted by molar-refractivity contribution is 0.414. The van der Waals surface area contributed by atoms with E-state index in [0.29, 0.717) is 5.69 Å². The third kappa shape index (κ3) is 3.28. The summed E-state index contributed by atoms with van der Waals surface area (Å²) in [5.41, 5.74) is 2.07. The quantitative estimate of drug-likeness (QED) is 0.634. The first kappa shape index (κ1) is 18.6. The van der Waals surface area contributed by atoms with Crippen molar-refractivity contribution in [3.05, 3.63) is 48.4 Å². The molecule has 1 aromatic carbocycles. The Labute approximate surface area is 164 Å². The van der Waals surface area contributed by atoms with Crippen LogP contribution in [0.3, 0.4) is 0 Å². The lowest BCUT2D eigenvalue weighted by Crippen LogP contribution is -2.11. The van der Waals surface area contributed by atoms with Crippen LogP contribution in [-0.4, -0.2) is 41.0 Å². The van der Waals surface area contributed by atoms with Crippen molar-refractivity contribution < 1.29 is 13.2 Å². The van der Waals surface area contributed by atoms with Crippen molar-refractivity contribution in [1.82, 2.24) is 19.7 Å². The van der Waals surface area contributed by atoms with Crippen LogP contribution in [0.2, 0.25) is 0 Å². The Morgan fingerprint density at radius 3 is 2.50 bits per heavy atom. The molecule has 28 heavy (non-hydrogen) atoms. The standard InChI is InChI=1S/C20H22N4O3S/c1-4-28(25,26)17-11-14(20(2)9-10-20)12-21-18(17)19-22-13-24(23-19)15-5-7-16(27-3)8-6-15/h5-8,11-13H,4,9-10H2,1-3H3. The minimum atomic E-state index is -3.46. The van der Waals surface area contributed by atoms with Gasteiger partial charge in [-0.3, -0.25) is 4.98 Å². The highest BCUT2D eigenvalue weighted by atomic mass is 32.2. The van der Waals surface area contributed by atoms with E-state index in [2.05, 4.69) is 22.0 Å². The van der Waals surface area contributed by atoms with Crippen LogP contribution in [0.1, 0.15) is 32.3 Å². The maximum Gasteiger partial charge on any atom is 0.201 e. The normalized spacial score (nSPS) is 15.4. The van der Waals surface area contributed by atoms with Gasteiger partial charge in [0, 0.05) is 6.20 Å². The molecule has 0 aliphatic heterocycles. The van der Waals surface area contributed by atoms with Crippen molar-refractivity contribution in [2.24, 2.45) is 0 Å². The van der Waals surface area contributed by atoms with Gasteiger partial charge in [0.25, 0.3) is 0 Å². The van der Waals surface area contributed by atoms with Crippen LogP contribution in [-0.2, 0) is 15.3 Å². The lowest BCUT2D eigenvalue weighted by Gasteiger charge is -2.12. The maximum atomic E-state index is 12.7. The first-order chi connectivity index (χ1) is 13.4. The molecule has 0 N–H and O–H groups in total. The summed E-state index contributed by atoms with van der Waals surface area (Å²) in [7, 11) is -1.86. The molecule has 0 amide bonds. The largest absolute Gasteiger partial charge is 0.497 e. The summed E-state index contributed by atoms with van der Waals surface area (Å²) in [6.07, 6.45) is 5.40. The summed E-state index contributed by atoms with van der Waals surface area (Å²) < 4.78 is 32.2. The molecular formula is C20H22N4O3S. The minimum Gasteiger partial charge on any atom is -0.497 e. The first-order valence-electron chi connectivity index (χ1n) is 9.16. The second-order valence-electron chi connectivity index (χ2n) is 7.25. The molecule has 0 bridgehead atoms. The number of hydrogen-bond donors (Lipinski definition) is 0. The Hall–Kier alpha value is -2.74. The summed E-state index contributed by atoms with van der Waals surface area (Å²) in [6, 6.07) is 9.11. The Kier molecular flexibility index (Phi) is 4.45. The highest BCUT2D eigenvalue weighted by Crippen LogP contribution is 2.48. The predicted molar refractivity (Wildman–Crippen MR) is 105 cm³/mol. The summed E-state index contributed by atoms with van der Waals surface area (Å²) in [5.74, 6) is 1.03. The lowest BCUT2D eigenvalue weighted by atomic mass is 10.0. The maximum absolute atomic E-state index is 12.7. The van der Waals surface area contributed by atoms with Gasteiger partial charge in [0.15, 0.2) is 9.84 Å². The number of rotatable bonds is 6. The Morgan fingerprint density at radius 2 is 1.89 bits per heavy atom. The number of methoxy groups -OCH3 is 1. The summed E-state index contributed by atoms with van der Waals surface area (Å²) >= 11 is 0. The van der Waals surface area contributed by atoms with Gasteiger partial charge in [-0.15, -0.1) is 5.10 Å². The number of benzene rings is 1. The van der Waals surface area contributed by atoms with Crippen molar-refractivity contribution in [3.8, 4) is 23.0 Å². The zero-order valence-corrected chi connectivity index (χ0v) is 16.9. The van der Waals surface area contributed by atoms with Gasteiger partial charge >= 0.3 is 0 Å². The van der Waals surface area contributed by atoms with Gasteiger partial charge in [0.2, 0.25) is 5.82 Å². The molecule has 1 aliphatic rings. The highest BCUT2D eigenvalue weighted by molar-refractivity contribution is 7.91. The van der Waals surface area contributed by atoms with Crippen molar-refractivity contribution in [2.45, 2.75) is 37.0 Å². The van der Waals surface area contributed by atoms with Crippen LogP contribution in [0.4, 0.5) is 0 Å². The van der Waals surface area contributed by atoms with Gasteiger partial charge < -0.3 is 4.74 Å². The molecule has 1 saturated carbocycles. The molecule has 1 fully saturated rings. The van der Waals surface area contributed by atoms with E-state index in [0.717, 1.165) is 29.8 Å². The van der Waals surface area contributed by atoms with E-state index in [1.165, 1.54) is 0 Å². The Bertz CT molecular complexity index is 1120. The Morgan fingerprint density at radius 1 is 1.18 bits per heavy atom. The summed E-state index contributed by atoms with van der Waals surface area (Å²) in [4.78, 5) is 8.98. The van der Waals surface area contributed by atoms with Crippen LogP contribution in [0.25, 0.3) is 17.2 Å². The minimum absolute atomic E-state index is 0.00103. The number of sulfone groups is 1. The van der Waals surface area contributed by atoms with Gasteiger partial charge in [0.1, 0.15) is 17.8 Å². The van der Waals surface area contributed by atoms with E-state index < -0.39 is 9.84 Å². The molecule has 0 unspecified atom stereocenters. The van der Waals surface area contributed by atoms with E-state index in [1.807, 2.05) is 24.3 Å². The molecule has 146 valence electrons. The molecule has 0 saturated heterocycles. The molecular weight excluding hydrogens is 376 g/mol. The molecule has 1 aliphatic carbocycles. The first-order valence-corrected chi connectivity index (χ1v) is 10.8. The van der Waals surface area contributed by atoms with Crippen molar-refractivity contribution >= 4 is 9.84 Å². The van der Waals surface area contributed by atoms with Gasteiger partial charge in [-0.1, -0.05) is 13.8 Å². The van der Waals surface area contributed by atoms with Crippen LogP contribution in [0, 0.1) is 0 Å². The second kappa shape index (κ2) is 6.70. The summed E-state index contributed by atoms with van der Waals surface area (Å²) in [6.45, 7) is 3.76. The topological polar surface area (TPSA) is 87.0 Å². The van der Waals surface area contributed by atoms with Crippen LogP contribution < -0.4 is 4.74 Å². The summed E-state index contributed by atoms with van der Waals surface area (Å²) in [5, 5.41) is 4.46. The SMILES string of the molecule is CCS(=O)(=O)c1cc(C2(C)CC2)cnc1-c1ncn(-c2ccc(OC)cc2)n1. The smallest absolute Gasteiger partial charge is 0.201 e. The van der Waals surface area contributed by atoms with Gasteiger partial charge in [-0.25, -0.2) is 18.1 Å². The fourth-order valence-corrected chi connectivity index (χ4v) is 4.10. The average molecular weight is 398 g/mol. The third-order valence-electron chi connectivity index (χ3n) is 5.31. The van der Waals surface area contributed by atoms with E-state index in [-0.39, 0.29) is 21.9 Å². The van der Waals surface area contributed by atoms with Gasteiger partial charge in [0.05, 0.1) is 23.4 Å². The van der Waals surface area contributed by atoms with E-state index >= 15 is 0 Å². The van der Waals surface area contributed by atoms with Crippen molar-refractivity contribution in [2.75, 3.05) is 12.9 Å². The number of ether oxygens (including phenoxy) is 1. The molecule has 0 atom stereocenters. The van der Waals surface area contributed by atoms with Crippen LogP contribution >= 0.6 is 0 Å². The molecule has 2 aromatic heterocycles. The zero-order chi connectivity index (χ0) is 19.9. The highest BCUT2D eigenvalue weighted by Gasteiger charge is 2.40. The van der Waals surface area contributed by atoms with E-state index in [4.69, 9.17) is 4.74 Å². The number of pyridine rings is 1. The molecule has 0 spiro atoms. The zero-order valence-electron chi connectivity index (χ0n) is 16.1. The van der Waals surface area contributed by atoms with E-state index in [1.54, 1.807) is 37.3 Å². The molecule has 3 aromatic rings. The average Bonchev–Trinajstić information content (AvgIpc) is 3.28. The fourth-order valence-electron chi connectivity index (χ4n) is 3.04. The molecule has 8 heteroatoms. The van der Waals surface area contributed by atoms with Crippen molar-refractivity contribution in [1.29, 1.82) is 0 Å². The predicted octanol–water partition coefficient (Wildman–Crippen LogP) is 3.18. The van der Waals surface area contributed by atoms with Crippen molar-refractivity contribution in [3.63, 3.8) is 0 Å². The number of nitrogens with zero attached hydrogens (tertiary/aromatic N) is 4. The fraction of sp³-hybridized carbons (Fsp3) is 0.350. The third-order valence-corrected chi connectivity index (χ3v) is 7.05. The molecule has 2 heterocycles. The molecule has 4 rings (SSSR count). The molecule has 0 radical (unpaired) electrons.